The van der Waals surface area contributed by atoms with Gasteiger partial charge in [0.1, 0.15) is 12.4 Å². The normalized spacial score (nSPS) is 14.2. The molecule has 0 saturated carbocycles. The van der Waals surface area contributed by atoms with Crippen LogP contribution in [-0.4, -0.2) is 43.0 Å². The first-order valence-corrected chi connectivity index (χ1v) is 16.5. The molecule has 0 bridgehead atoms. The molecule has 0 aromatic heterocycles. The highest BCUT2D eigenvalue weighted by Crippen LogP contribution is 2.35. The molecule has 0 radical (unpaired) electrons. The van der Waals surface area contributed by atoms with Gasteiger partial charge in [0.15, 0.2) is 23.2 Å². The fraction of sp³-hybridized carbons (Fsp3) is 0.257. The lowest BCUT2D eigenvalue weighted by molar-refractivity contribution is -0.139. The third-order valence-corrected chi connectivity index (χ3v) is 7.81. The average Bonchev–Trinajstić information content (AvgIpc) is 3.04. The molecule has 246 valence electrons. The molecule has 3 aromatic rings. The van der Waals surface area contributed by atoms with Gasteiger partial charge >= 0.3 is 5.97 Å². The van der Waals surface area contributed by atoms with Crippen LogP contribution in [0.2, 0.25) is 0 Å². The Balaban J connectivity index is 1.45. The van der Waals surface area contributed by atoms with Gasteiger partial charge in [-0.05, 0) is 103 Å². The van der Waals surface area contributed by atoms with Crippen LogP contribution in [0.25, 0.3) is 0 Å². The highest BCUT2D eigenvalue weighted by atomic mass is 127. The fourth-order valence-corrected chi connectivity index (χ4v) is 5.47. The molecule has 1 aliphatic rings. The zero-order valence-corrected chi connectivity index (χ0v) is 29.4. The van der Waals surface area contributed by atoms with Crippen molar-refractivity contribution in [1.82, 2.24) is 16.1 Å². The van der Waals surface area contributed by atoms with Crippen LogP contribution >= 0.6 is 34.8 Å². The van der Waals surface area contributed by atoms with Gasteiger partial charge in [-0.3, -0.25) is 4.79 Å². The summed E-state index contributed by atoms with van der Waals surface area (Å²) in [4.78, 5) is 25.6. The summed E-state index contributed by atoms with van der Waals surface area (Å²) >= 11 is 7.61. The predicted molar refractivity (Wildman–Crippen MR) is 194 cm³/mol. The van der Waals surface area contributed by atoms with Crippen molar-refractivity contribution in [3.63, 3.8) is 0 Å². The van der Waals surface area contributed by atoms with Gasteiger partial charge in [0, 0.05) is 20.4 Å². The molecule has 0 saturated heterocycles. The van der Waals surface area contributed by atoms with E-state index in [9.17, 15) is 9.59 Å². The highest BCUT2D eigenvalue weighted by molar-refractivity contribution is 14.1. The number of rotatable bonds is 15. The Bertz CT molecular complexity index is 1670. The minimum atomic E-state index is -0.632. The lowest BCUT2D eigenvalue weighted by Gasteiger charge is -2.30. The van der Waals surface area contributed by atoms with Crippen molar-refractivity contribution in [2.75, 3.05) is 19.8 Å². The Kier molecular flexibility index (Phi) is 13.2. The number of carbonyl (C=O) groups excluding carboxylic acids is 2. The molecule has 0 unspecified atom stereocenters. The summed E-state index contributed by atoms with van der Waals surface area (Å²) in [6, 6.07) is 18.3. The second-order valence-electron chi connectivity index (χ2n) is 10.3. The van der Waals surface area contributed by atoms with E-state index < -0.39 is 17.9 Å². The number of nitrogens with one attached hydrogen (secondary N) is 3. The van der Waals surface area contributed by atoms with E-state index in [4.69, 9.17) is 31.2 Å². The van der Waals surface area contributed by atoms with Gasteiger partial charge in [0.2, 0.25) is 0 Å². The Labute approximate surface area is 293 Å². The summed E-state index contributed by atoms with van der Waals surface area (Å²) in [5.41, 5.74) is 6.71. The Morgan fingerprint density at radius 1 is 1.04 bits per heavy atom. The number of amides is 1. The molecule has 1 atom stereocenters. The first-order chi connectivity index (χ1) is 22.7. The number of hydrazone groups is 1. The number of hydrogen-bond acceptors (Lipinski definition) is 8. The Morgan fingerprint density at radius 2 is 1.81 bits per heavy atom. The van der Waals surface area contributed by atoms with Crippen molar-refractivity contribution in [3.05, 3.63) is 110 Å². The number of ether oxygens (including phenoxy) is 4. The van der Waals surface area contributed by atoms with Crippen LogP contribution in [0.5, 0.6) is 17.2 Å². The number of benzene rings is 3. The van der Waals surface area contributed by atoms with Gasteiger partial charge in [-0.15, -0.1) is 6.58 Å². The van der Waals surface area contributed by atoms with E-state index in [0.29, 0.717) is 64.4 Å². The fourth-order valence-electron chi connectivity index (χ4n) is 4.84. The first-order valence-electron chi connectivity index (χ1n) is 15.0. The van der Waals surface area contributed by atoms with E-state index in [0.717, 1.165) is 14.7 Å². The summed E-state index contributed by atoms with van der Waals surface area (Å²) in [6.45, 7) is 10.0. The monoisotopic (exact) mass is 768 g/mol. The number of hydrogen-bond donors (Lipinski definition) is 3. The predicted octanol–water partition coefficient (Wildman–Crippen LogP) is 5.88. The van der Waals surface area contributed by atoms with E-state index >= 15 is 0 Å². The van der Waals surface area contributed by atoms with Crippen LogP contribution < -0.4 is 30.3 Å². The SMILES string of the molecule is C=CCc1cc(C=NNC(=O)COc2ccccc2[C@H]2NC(=S)NC(C)=C2C(=O)OCC)cc(OCC)c1OCc1ccc(I)cc1. The van der Waals surface area contributed by atoms with Gasteiger partial charge in [-0.1, -0.05) is 36.4 Å². The summed E-state index contributed by atoms with van der Waals surface area (Å²) in [7, 11) is 0. The molecule has 0 fully saturated rings. The minimum Gasteiger partial charge on any atom is -0.490 e. The summed E-state index contributed by atoms with van der Waals surface area (Å²) < 4.78 is 24.5. The number of nitrogens with zero attached hydrogens (tertiary/aromatic N) is 1. The van der Waals surface area contributed by atoms with E-state index in [1.54, 1.807) is 38.1 Å². The van der Waals surface area contributed by atoms with Crippen molar-refractivity contribution in [3.8, 4) is 17.2 Å². The Hall–Kier alpha value is -4.43. The van der Waals surface area contributed by atoms with Crippen LogP contribution in [0.3, 0.4) is 0 Å². The van der Waals surface area contributed by atoms with Gasteiger partial charge in [0.25, 0.3) is 5.91 Å². The smallest absolute Gasteiger partial charge is 0.338 e. The van der Waals surface area contributed by atoms with Gasteiger partial charge < -0.3 is 29.6 Å². The second kappa shape index (κ2) is 17.5. The maximum Gasteiger partial charge on any atom is 0.338 e. The highest BCUT2D eigenvalue weighted by Gasteiger charge is 2.32. The molecule has 0 spiro atoms. The summed E-state index contributed by atoms with van der Waals surface area (Å²) in [5, 5.41) is 10.6. The van der Waals surface area contributed by atoms with Gasteiger partial charge in [-0.25, -0.2) is 10.2 Å². The van der Waals surface area contributed by atoms with Crippen molar-refractivity contribution >= 4 is 58.0 Å². The minimum absolute atomic E-state index is 0.222. The van der Waals surface area contributed by atoms with E-state index in [2.05, 4.69) is 50.3 Å². The number of carbonyl (C=O) groups is 2. The van der Waals surface area contributed by atoms with Crippen LogP contribution in [0.4, 0.5) is 0 Å². The zero-order chi connectivity index (χ0) is 33.8. The van der Waals surface area contributed by atoms with Gasteiger partial charge in [-0.2, -0.15) is 5.10 Å². The Morgan fingerprint density at radius 3 is 2.53 bits per heavy atom. The average molecular weight is 769 g/mol. The second-order valence-corrected chi connectivity index (χ2v) is 11.9. The maximum atomic E-state index is 12.8. The number of para-hydroxylation sites is 1. The number of halogens is 1. The first kappa shape index (κ1) is 35.4. The van der Waals surface area contributed by atoms with Crippen molar-refractivity contribution in [1.29, 1.82) is 0 Å². The molecule has 3 aromatic carbocycles. The quantitative estimate of drug-likeness (QED) is 0.0435. The largest absolute Gasteiger partial charge is 0.490 e. The molecular formula is C35H37IN4O6S. The zero-order valence-electron chi connectivity index (χ0n) is 26.4. The standard InChI is InChI=1S/C35H37IN4O6S/c1-5-10-25-17-24(18-29(43-6-2)33(25)46-20-23-13-15-26(36)16-14-23)19-37-40-30(41)21-45-28-12-9-8-11-27(28)32-31(34(42)44-7-3)22(4)38-35(47)39-32/h5,8-9,11-19,32H,1,6-7,10,20-21H2,2-4H3,(H,40,41)(H2,38,39,47)/t32-/m1/s1. The van der Waals surface area contributed by atoms with E-state index in [1.807, 2.05) is 49.4 Å². The van der Waals surface area contributed by atoms with E-state index in [-0.39, 0.29) is 13.2 Å². The summed E-state index contributed by atoms with van der Waals surface area (Å²) in [6.07, 6.45) is 3.87. The summed E-state index contributed by atoms with van der Waals surface area (Å²) in [5.74, 6) is 0.658. The molecule has 10 nitrogen and oxygen atoms in total. The third-order valence-electron chi connectivity index (χ3n) is 6.87. The van der Waals surface area contributed by atoms with Crippen LogP contribution in [0, 0.1) is 3.57 Å². The van der Waals surface area contributed by atoms with E-state index in [1.165, 1.54) is 6.21 Å². The molecular weight excluding hydrogens is 731 g/mol. The third kappa shape index (κ3) is 9.78. The molecule has 3 N–H and O–H groups in total. The van der Waals surface area contributed by atoms with Crippen LogP contribution in [-0.2, 0) is 27.4 Å². The molecule has 0 aliphatic carbocycles. The molecule has 47 heavy (non-hydrogen) atoms. The molecule has 12 heteroatoms. The van der Waals surface area contributed by atoms with Crippen LogP contribution in [0.15, 0.2) is 89.7 Å². The van der Waals surface area contributed by atoms with Crippen molar-refractivity contribution in [2.24, 2.45) is 5.10 Å². The molecule has 1 aliphatic heterocycles. The van der Waals surface area contributed by atoms with Crippen molar-refractivity contribution < 1.29 is 28.5 Å². The maximum absolute atomic E-state index is 12.8. The lowest BCUT2D eigenvalue weighted by Crippen LogP contribution is -2.45. The molecule has 1 amide bonds. The number of esters is 1. The molecule has 1 heterocycles. The van der Waals surface area contributed by atoms with Gasteiger partial charge in [0.05, 0.1) is 31.0 Å². The lowest BCUT2D eigenvalue weighted by atomic mass is 9.95. The topological polar surface area (TPSA) is 120 Å². The number of thiocarbonyl (C=S) groups is 1. The van der Waals surface area contributed by atoms with Crippen LogP contribution in [0.1, 0.15) is 49.1 Å². The number of allylic oxidation sites excluding steroid dienone is 2. The molecule has 4 rings (SSSR count). The van der Waals surface area contributed by atoms with Crippen molar-refractivity contribution in [2.45, 2.75) is 39.8 Å².